The number of halogens is 1. The number of alkyl halides is 1. The van der Waals surface area contributed by atoms with Crippen LogP contribution in [-0.2, 0) is 0 Å². The standard InChI is InChI=1S/C10H20FNS/c1-3-10(11)7-12-4-5-13-8-9(2)6-12/h9-10H,3-8H2,1-2H3. The molecule has 1 rings (SSSR count). The molecule has 0 saturated carbocycles. The van der Waals surface area contributed by atoms with E-state index in [-0.39, 0.29) is 0 Å². The van der Waals surface area contributed by atoms with E-state index in [9.17, 15) is 4.39 Å². The first-order chi connectivity index (χ1) is 6.22. The van der Waals surface area contributed by atoms with Crippen LogP contribution < -0.4 is 0 Å². The molecular weight excluding hydrogens is 185 g/mol. The van der Waals surface area contributed by atoms with E-state index in [0.717, 1.165) is 19.0 Å². The van der Waals surface area contributed by atoms with Crippen molar-refractivity contribution in [3.8, 4) is 0 Å². The van der Waals surface area contributed by atoms with Crippen molar-refractivity contribution in [2.75, 3.05) is 31.1 Å². The van der Waals surface area contributed by atoms with Crippen molar-refractivity contribution in [3.05, 3.63) is 0 Å². The summed E-state index contributed by atoms with van der Waals surface area (Å²) in [5.41, 5.74) is 0. The number of thioether (sulfide) groups is 1. The van der Waals surface area contributed by atoms with Gasteiger partial charge in [-0.3, -0.25) is 4.90 Å². The summed E-state index contributed by atoms with van der Waals surface area (Å²) in [6, 6.07) is 0. The maximum Gasteiger partial charge on any atom is 0.112 e. The Morgan fingerprint density at radius 3 is 3.08 bits per heavy atom. The van der Waals surface area contributed by atoms with Crippen molar-refractivity contribution in [3.63, 3.8) is 0 Å². The van der Waals surface area contributed by atoms with Crippen molar-refractivity contribution in [2.24, 2.45) is 5.92 Å². The van der Waals surface area contributed by atoms with Crippen molar-refractivity contribution < 1.29 is 4.39 Å². The summed E-state index contributed by atoms with van der Waals surface area (Å²) >= 11 is 2.00. The van der Waals surface area contributed by atoms with Crippen molar-refractivity contribution >= 4 is 11.8 Å². The molecule has 0 aromatic heterocycles. The normalized spacial score (nSPS) is 28.4. The molecule has 3 heteroatoms. The third-order valence-corrected chi connectivity index (χ3v) is 3.70. The zero-order valence-corrected chi connectivity index (χ0v) is 9.45. The van der Waals surface area contributed by atoms with E-state index < -0.39 is 6.17 Å². The zero-order chi connectivity index (χ0) is 9.68. The first-order valence-corrected chi connectivity index (χ1v) is 6.32. The highest BCUT2D eigenvalue weighted by Gasteiger charge is 2.17. The Labute approximate surface area is 85.1 Å². The second-order valence-electron chi connectivity index (χ2n) is 3.95. The third-order valence-electron chi connectivity index (χ3n) is 2.42. The largest absolute Gasteiger partial charge is 0.299 e. The maximum atomic E-state index is 13.1. The summed E-state index contributed by atoms with van der Waals surface area (Å²) < 4.78 is 13.1. The van der Waals surface area contributed by atoms with E-state index in [1.807, 2.05) is 18.7 Å². The Kier molecular flexibility index (Phi) is 5.10. The van der Waals surface area contributed by atoms with Crippen molar-refractivity contribution in [1.82, 2.24) is 4.90 Å². The quantitative estimate of drug-likeness (QED) is 0.696. The Morgan fingerprint density at radius 1 is 1.62 bits per heavy atom. The van der Waals surface area contributed by atoms with Gasteiger partial charge >= 0.3 is 0 Å². The molecule has 1 fully saturated rings. The van der Waals surface area contributed by atoms with Crippen LogP contribution in [0.25, 0.3) is 0 Å². The lowest BCUT2D eigenvalue weighted by atomic mass is 10.2. The minimum absolute atomic E-state index is 0.629. The molecule has 1 nitrogen and oxygen atoms in total. The van der Waals surface area contributed by atoms with Crippen LogP contribution in [-0.4, -0.2) is 42.2 Å². The molecule has 0 amide bonds. The highest BCUT2D eigenvalue weighted by Crippen LogP contribution is 2.16. The van der Waals surface area contributed by atoms with Gasteiger partial charge in [-0.05, 0) is 18.1 Å². The molecule has 0 N–H and O–H groups in total. The van der Waals surface area contributed by atoms with Gasteiger partial charge in [-0.15, -0.1) is 0 Å². The maximum absolute atomic E-state index is 13.1. The Hall–Kier alpha value is 0.240. The molecule has 1 aliphatic heterocycles. The first kappa shape index (κ1) is 11.3. The van der Waals surface area contributed by atoms with Gasteiger partial charge in [0.05, 0.1) is 0 Å². The van der Waals surface area contributed by atoms with Crippen LogP contribution in [0, 0.1) is 5.92 Å². The molecule has 0 spiro atoms. The summed E-state index contributed by atoms with van der Waals surface area (Å²) in [5.74, 6) is 3.12. The molecule has 2 atom stereocenters. The Morgan fingerprint density at radius 2 is 2.38 bits per heavy atom. The molecule has 1 aliphatic rings. The van der Waals surface area contributed by atoms with Gasteiger partial charge in [0.15, 0.2) is 0 Å². The number of hydrogen-bond donors (Lipinski definition) is 0. The highest BCUT2D eigenvalue weighted by atomic mass is 32.2. The SMILES string of the molecule is CCC(F)CN1CCSCC(C)C1. The second kappa shape index (κ2) is 5.86. The smallest absolute Gasteiger partial charge is 0.112 e. The van der Waals surface area contributed by atoms with Gasteiger partial charge in [-0.2, -0.15) is 11.8 Å². The fraction of sp³-hybridized carbons (Fsp3) is 1.00. The van der Waals surface area contributed by atoms with Gasteiger partial charge in [0.1, 0.15) is 6.17 Å². The van der Waals surface area contributed by atoms with Crippen LogP contribution in [0.1, 0.15) is 20.3 Å². The van der Waals surface area contributed by atoms with Crippen LogP contribution in [0.5, 0.6) is 0 Å². The fourth-order valence-electron chi connectivity index (χ4n) is 1.64. The van der Waals surface area contributed by atoms with Crippen LogP contribution >= 0.6 is 11.8 Å². The van der Waals surface area contributed by atoms with E-state index in [1.165, 1.54) is 11.5 Å². The van der Waals surface area contributed by atoms with Gasteiger partial charge < -0.3 is 0 Å². The molecule has 0 radical (unpaired) electrons. The Balaban J connectivity index is 2.30. The summed E-state index contributed by atoms with van der Waals surface area (Å²) in [4.78, 5) is 2.28. The number of nitrogens with zero attached hydrogens (tertiary/aromatic N) is 1. The van der Waals surface area contributed by atoms with Crippen LogP contribution in [0.3, 0.4) is 0 Å². The number of hydrogen-bond acceptors (Lipinski definition) is 2. The average Bonchev–Trinajstić information content (AvgIpc) is 2.30. The van der Waals surface area contributed by atoms with Gasteiger partial charge in [-0.25, -0.2) is 4.39 Å². The molecule has 0 aromatic rings. The molecule has 0 aliphatic carbocycles. The molecule has 0 aromatic carbocycles. The second-order valence-corrected chi connectivity index (χ2v) is 5.10. The van der Waals surface area contributed by atoms with Gasteiger partial charge in [0.25, 0.3) is 0 Å². The summed E-state index contributed by atoms with van der Waals surface area (Å²) in [6.07, 6.45) is 0.0215. The third kappa shape index (κ3) is 4.32. The van der Waals surface area contributed by atoms with E-state index in [1.54, 1.807) is 0 Å². The lowest BCUT2D eigenvalue weighted by Crippen LogP contribution is -2.34. The number of rotatable bonds is 3. The van der Waals surface area contributed by atoms with E-state index >= 15 is 0 Å². The molecule has 78 valence electrons. The van der Waals surface area contributed by atoms with Gasteiger partial charge in [0.2, 0.25) is 0 Å². The van der Waals surface area contributed by atoms with E-state index in [2.05, 4.69) is 11.8 Å². The molecule has 0 bridgehead atoms. The zero-order valence-electron chi connectivity index (χ0n) is 8.63. The molecular formula is C10H20FNS. The molecule has 2 unspecified atom stereocenters. The monoisotopic (exact) mass is 205 g/mol. The lowest BCUT2D eigenvalue weighted by Gasteiger charge is -2.23. The summed E-state index contributed by atoms with van der Waals surface area (Å²) in [6.45, 7) is 6.95. The lowest BCUT2D eigenvalue weighted by molar-refractivity contribution is 0.183. The fourth-order valence-corrected chi connectivity index (χ4v) is 2.70. The predicted octanol–water partition coefficient (Wildman–Crippen LogP) is 2.42. The van der Waals surface area contributed by atoms with E-state index in [4.69, 9.17) is 0 Å². The Bertz CT molecular complexity index is 143. The predicted molar refractivity (Wildman–Crippen MR) is 58.1 cm³/mol. The van der Waals surface area contributed by atoms with Crippen LogP contribution in [0.4, 0.5) is 4.39 Å². The summed E-state index contributed by atoms with van der Waals surface area (Å²) in [5, 5.41) is 0. The molecule has 1 saturated heterocycles. The first-order valence-electron chi connectivity index (χ1n) is 5.16. The minimum atomic E-state index is -0.629. The van der Waals surface area contributed by atoms with E-state index in [0.29, 0.717) is 13.0 Å². The molecule has 13 heavy (non-hydrogen) atoms. The highest BCUT2D eigenvalue weighted by molar-refractivity contribution is 7.99. The van der Waals surface area contributed by atoms with Crippen molar-refractivity contribution in [1.29, 1.82) is 0 Å². The topological polar surface area (TPSA) is 3.24 Å². The summed E-state index contributed by atoms with van der Waals surface area (Å²) in [7, 11) is 0. The average molecular weight is 205 g/mol. The van der Waals surface area contributed by atoms with Crippen LogP contribution in [0.15, 0.2) is 0 Å². The van der Waals surface area contributed by atoms with Crippen molar-refractivity contribution in [2.45, 2.75) is 26.4 Å². The van der Waals surface area contributed by atoms with Gasteiger partial charge in [0, 0.05) is 25.4 Å². The van der Waals surface area contributed by atoms with Gasteiger partial charge in [-0.1, -0.05) is 13.8 Å². The van der Waals surface area contributed by atoms with Crippen LogP contribution in [0.2, 0.25) is 0 Å². The molecule has 1 heterocycles. The minimum Gasteiger partial charge on any atom is -0.299 e.